The van der Waals surface area contributed by atoms with Gasteiger partial charge in [-0.1, -0.05) is 32.0 Å². The van der Waals surface area contributed by atoms with Crippen molar-refractivity contribution >= 4 is 11.9 Å². The first-order chi connectivity index (χ1) is 9.26. The highest BCUT2D eigenvalue weighted by Crippen LogP contribution is 2.58. The average Bonchev–Trinajstić information content (AvgIpc) is 2.93. The number of benzene rings is 1. The number of carboxylic acid groups (broad SMARTS) is 1. The van der Waals surface area contributed by atoms with E-state index in [0.29, 0.717) is 5.56 Å². The molecule has 0 heterocycles. The first-order valence-corrected chi connectivity index (χ1v) is 6.54. The molecular weight excluding hydrogens is 261 g/mol. The number of carboxylic acids is 1. The minimum absolute atomic E-state index is 0.335. The summed E-state index contributed by atoms with van der Waals surface area (Å²) >= 11 is 0. The second-order valence-electron chi connectivity index (χ2n) is 5.87. The summed E-state index contributed by atoms with van der Waals surface area (Å²) in [6.07, 6.45) is 0. The molecule has 3 atom stereocenters. The molecule has 0 aliphatic heterocycles. The van der Waals surface area contributed by atoms with Gasteiger partial charge in [-0.15, -0.1) is 0 Å². The Kier molecular flexibility index (Phi) is 3.54. The largest absolute Gasteiger partial charge is 0.481 e. The van der Waals surface area contributed by atoms with Gasteiger partial charge in [-0.3, -0.25) is 9.59 Å². The van der Waals surface area contributed by atoms with Crippen LogP contribution in [0.15, 0.2) is 24.3 Å². The molecule has 1 aromatic carbocycles. The summed E-state index contributed by atoms with van der Waals surface area (Å²) in [5.74, 6) is -2.92. The van der Waals surface area contributed by atoms with Gasteiger partial charge in [0.05, 0.1) is 17.9 Å². The van der Waals surface area contributed by atoms with Crippen molar-refractivity contribution in [3.05, 3.63) is 35.6 Å². The summed E-state index contributed by atoms with van der Waals surface area (Å²) in [5, 5.41) is 11.8. The minimum atomic E-state index is -0.964. The molecule has 5 heteroatoms. The van der Waals surface area contributed by atoms with Crippen molar-refractivity contribution in [1.82, 2.24) is 5.32 Å². The van der Waals surface area contributed by atoms with Gasteiger partial charge in [-0.05, 0) is 18.4 Å². The molecule has 2 N–H and O–H groups in total. The molecule has 4 nitrogen and oxygen atoms in total. The van der Waals surface area contributed by atoms with E-state index in [1.54, 1.807) is 39.0 Å². The molecule has 1 amide bonds. The molecule has 0 aromatic heterocycles. The fourth-order valence-corrected chi connectivity index (χ4v) is 2.80. The predicted octanol–water partition coefficient (Wildman–Crippen LogP) is 2.36. The van der Waals surface area contributed by atoms with Crippen molar-refractivity contribution in [2.75, 3.05) is 0 Å². The maximum absolute atomic E-state index is 13.6. The Morgan fingerprint density at radius 1 is 1.30 bits per heavy atom. The summed E-state index contributed by atoms with van der Waals surface area (Å²) in [4.78, 5) is 23.2. The van der Waals surface area contributed by atoms with Gasteiger partial charge >= 0.3 is 5.97 Å². The SMILES string of the molecule is C[C@H](NC(=O)C1C(C(=O)O)C1(C)C)c1ccccc1F. The van der Waals surface area contributed by atoms with Crippen LogP contribution in [0.5, 0.6) is 0 Å². The van der Waals surface area contributed by atoms with Gasteiger partial charge in [0.25, 0.3) is 0 Å². The van der Waals surface area contributed by atoms with Crippen LogP contribution in [-0.2, 0) is 9.59 Å². The third-order valence-corrected chi connectivity index (χ3v) is 4.11. The molecule has 1 saturated carbocycles. The van der Waals surface area contributed by atoms with Crippen molar-refractivity contribution in [2.45, 2.75) is 26.8 Å². The van der Waals surface area contributed by atoms with Gasteiger partial charge in [0.2, 0.25) is 5.91 Å². The molecule has 0 radical (unpaired) electrons. The Balaban J connectivity index is 2.07. The van der Waals surface area contributed by atoms with Gasteiger partial charge < -0.3 is 10.4 Å². The average molecular weight is 279 g/mol. The summed E-state index contributed by atoms with van der Waals surface area (Å²) in [6.45, 7) is 5.19. The van der Waals surface area contributed by atoms with E-state index in [2.05, 4.69) is 5.32 Å². The van der Waals surface area contributed by atoms with Crippen LogP contribution >= 0.6 is 0 Å². The van der Waals surface area contributed by atoms with Gasteiger partial charge in [0, 0.05) is 5.56 Å². The number of carbonyl (C=O) groups excluding carboxylic acids is 1. The van der Waals surface area contributed by atoms with Crippen molar-refractivity contribution in [3.8, 4) is 0 Å². The molecule has 0 spiro atoms. The topological polar surface area (TPSA) is 66.4 Å². The van der Waals surface area contributed by atoms with Crippen LogP contribution in [0.25, 0.3) is 0 Å². The van der Waals surface area contributed by atoms with E-state index in [0.717, 1.165) is 0 Å². The van der Waals surface area contributed by atoms with E-state index >= 15 is 0 Å². The quantitative estimate of drug-likeness (QED) is 0.889. The molecule has 0 bridgehead atoms. The Labute approximate surface area is 117 Å². The standard InChI is InChI=1S/C15H18FNO3/c1-8(9-6-4-5-7-10(9)16)17-13(18)11-12(14(19)20)15(11,2)3/h4-8,11-12H,1-3H3,(H,17,18)(H,19,20)/t8-,11?,12?/m0/s1. The van der Waals surface area contributed by atoms with Crippen molar-refractivity contribution < 1.29 is 19.1 Å². The van der Waals surface area contributed by atoms with Crippen LogP contribution in [-0.4, -0.2) is 17.0 Å². The Bertz CT molecular complexity index is 556. The number of hydrogen-bond acceptors (Lipinski definition) is 2. The van der Waals surface area contributed by atoms with E-state index in [9.17, 15) is 14.0 Å². The van der Waals surface area contributed by atoms with Crippen LogP contribution in [0.4, 0.5) is 4.39 Å². The lowest BCUT2D eigenvalue weighted by atomic mass is 10.1. The zero-order valence-electron chi connectivity index (χ0n) is 11.7. The highest BCUT2D eigenvalue weighted by atomic mass is 19.1. The smallest absolute Gasteiger partial charge is 0.307 e. The van der Waals surface area contributed by atoms with Crippen LogP contribution in [0, 0.1) is 23.1 Å². The normalized spacial score (nSPS) is 24.8. The number of nitrogens with one attached hydrogen (secondary N) is 1. The summed E-state index contributed by atoms with van der Waals surface area (Å²) < 4.78 is 13.6. The predicted molar refractivity (Wildman–Crippen MR) is 71.4 cm³/mol. The van der Waals surface area contributed by atoms with Crippen LogP contribution in [0.1, 0.15) is 32.4 Å². The lowest BCUT2D eigenvalue weighted by Crippen LogP contribution is -2.30. The van der Waals surface area contributed by atoms with Crippen LogP contribution in [0.2, 0.25) is 0 Å². The zero-order valence-corrected chi connectivity index (χ0v) is 11.7. The molecular formula is C15H18FNO3. The molecule has 20 heavy (non-hydrogen) atoms. The zero-order chi connectivity index (χ0) is 15.1. The first-order valence-electron chi connectivity index (χ1n) is 6.54. The van der Waals surface area contributed by atoms with Gasteiger partial charge in [0.15, 0.2) is 0 Å². The van der Waals surface area contributed by atoms with E-state index in [1.807, 2.05) is 0 Å². The van der Waals surface area contributed by atoms with E-state index in [1.165, 1.54) is 6.07 Å². The summed E-state index contributed by atoms with van der Waals surface area (Å²) in [6, 6.07) is 5.72. The molecule has 0 saturated heterocycles. The maximum Gasteiger partial charge on any atom is 0.307 e. The molecule has 2 rings (SSSR count). The first kappa shape index (κ1) is 14.5. The lowest BCUT2D eigenvalue weighted by Gasteiger charge is -2.15. The number of amides is 1. The number of carbonyl (C=O) groups is 2. The highest BCUT2D eigenvalue weighted by Gasteiger charge is 2.65. The third-order valence-electron chi connectivity index (χ3n) is 4.11. The van der Waals surface area contributed by atoms with Gasteiger partial charge in [0.1, 0.15) is 5.82 Å². The number of hydrogen-bond donors (Lipinski definition) is 2. The molecule has 1 aliphatic rings. The summed E-state index contributed by atoms with van der Waals surface area (Å²) in [5.41, 5.74) is -0.156. The van der Waals surface area contributed by atoms with Gasteiger partial charge in [-0.2, -0.15) is 0 Å². The van der Waals surface area contributed by atoms with Crippen LogP contribution in [0.3, 0.4) is 0 Å². The molecule has 1 fully saturated rings. The molecule has 1 aliphatic carbocycles. The van der Waals surface area contributed by atoms with E-state index in [-0.39, 0.29) is 11.7 Å². The highest BCUT2D eigenvalue weighted by molar-refractivity contribution is 5.91. The van der Waals surface area contributed by atoms with Crippen molar-refractivity contribution in [1.29, 1.82) is 0 Å². The monoisotopic (exact) mass is 279 g/mol. The fraction of sp³-hybridized carbons (Fsp3) is 0.467. The second-order valence-corrected chi connectivity index (χ2v) is 5.87. The number of aliphatic carboxylic acids is 1. The third kappa shape index (κ3) is 2.40. The second kappa shape index (κ2) is 4.89. The molecule has 2 unspecified atom stereocenters. The number of rotatable bonds is 4. The van der Waals surface area contributed by atoms with Gasteiger partial charge in [-0.25, -0.2) is 4.39 Å². The number of halogens is 1. The Morgan fingerprint density at radius 2 is 1.90 bits per heavy atom. The maximum atomic E-state index is 13.6. The molecule has 1 aromatic rings. The summed E-state index contributed by atoms with van der Waals surface area (Å²) in [7, 11) is 0. The lowest BCUT2D eigenvalue weighted by molar-refractivity contribution is -0.140. The minimum Gasteiger partial charge on any atom is -0.481 e. The van der Waals surface area contributed by atoms with E-state index in [4.69, 9.17) is 5.11 Å². The Hall–Kier alpha value is -1.91. The van der Waals surface area contributed by atoms with Crippen LogP contribution < -0.4 is 5.32 Å². The molecule has 108 valence electrons. The Morgan fingerprint density at radius 3 is 2.40 bits per heavy atom. The van der Waals surface area contributed by atoms with E-state index < -0.39 is 29.3 Å². The fourth-order valence-electron chi connectivity index (χ4n) is 2.80. The van der Waals surface area contributed by atoms with Crippen molar-refractivity contribution in [2.24, 2.45) is 17.3 Å². The van der Waals surface area contributed by atoms with Crippen molar-refractivity contribution in [3.63, 3.8) is 0 Å².